The van der Waals surface area contributed by atoms with E-state index in [0.717, 1.165) is 37.6 Å². The fourth-order valence-corrected chi connectivity index (χ4v) is 4.91. The van der Waals surface area contributed by atoms with E-state index in [-0.39, 0.29) is 11.8 Å². The molecule has 40 heavy (non-hydrogen) atoms. The van der Waals surface area contributed by atoms with Crippen molar-refractivity contribution < 1.29 is 14.0 Å². The monoisotopic (exact) mass is 560 g/mol. The van der Waals surface area contributed by atoms with Crippen molar-refractivity contribution in [2.75, 3.05) is 54.1 Å². The van der Waals surface area contributed by atoms with Crippen LogP contribution in [0, 0.1) is 6.92 Å². The van der Waals surface area contributed by atoms with Crippen molar-refractivity contribution in [3.8, 4) is 0 Å². The number of nitrogens with zero attached hydrogens (tertiary/aromatic N) is 5. The third-order valence-corrected chi connectivity index (χ3v) is 7.44. The number of halogens is 1. The predicted molar refractivity (Wildman–Crippen MR) is 155 cm³/mol. The summed E-state index contributed by atoms with van der Waals surface area (Å²) < 4.78 is 13.0. The highest BCUT2D eigenvalue weighted by Gasteiger charge is 2.17. The van der Waals surface area contributed by atoms with Gasteiger partial charge in [-0.1, -0.05) is 29.5 Å². The number of piperazine rings is 1. The van der Waals surface area contributed by atoms with Gasteiger partial charge in [0.25, 0.3) is 11.8 Å². The Morgan fingerprint density at radius 3 is 2.60 bits per heavy atom. The number of rotatable bonds is 8. The molecule has 1 aliphatic rings. The van der Waals surface area contributed by atoms with Crippen LogP contribution >= 0.6 is 11.3 Å². The smallest absolute Gasteiger partial charge is 0.267 e. The lowest BCUT2D eigenvalue weighted by atomic mass is 10.1. The standard InChI is InChI=1S/C28H29FN8O2S/c1-18-6-7-21(33-26(38)20-5-3-4-19(12-20)15-29)13-22(18)34-27(39)23-16-30-28(40-23)35-24-14-25(32-17-31-24)37-10-8-36(2)9-11-37/h3-7,12-14,16-17H,8-11,15H2,1-2H3,(H,33,38)(H,34,39)(H,30,31,32,35). The van der Waals surface area contributed by atoms with Crippen molar-refractivity contribution in [3.05, 3.63) is 82.6 Å². The molecule has 2 aromatic carbocycles. The summed E-state index contributed by atoms with van der Waals surface area (Å²) in [5.74, 6) is 0.753. The van der Waals surface area contributed by atoms with Gasteiger partial charge in [0.1, 0.15) is 29.5 Å². The molecule has 5 rings (SSSR count). The van der Waals surface area contributed by atoms with Crippen LogP contribution in [-0.2, 0) is 6.67 Å². The molecule has 3 heterocycles. The number of carbonyl (C=O) groups excluding carboxylic acids is 2. The summed E-state index contributed by atoms with van der Waals surface area (Å²) in [5.41, 5.74) is 2.66. The lowest BCUT2D eigenvalue weighted by molar-refractivity contribution is 0.102. The Morgan fingerprint density at radius 1 is 0.975 bits per heavy atom. The summed E-state index contributed by atoms with van der Waals surface area (Å²) in [6, 6.07) is 13.5. The number of hydrogen-bond donors (Lipinski definition) is 3. The number of benzene rings is 2. The lowest BCUT2D eigenvalue weighted by Gasteiger charge is -2.33. The van der Waals surface area contributed by atoms with Crippen LogP contribution in [0.5, 0.6) is 0 Å². The highest BCUT2D eigenvalue weighted by atomic mass is 32.1. The number of anilines is 5. The first-order chi connectivity index (χ1) is 19.4. The van der Waals surface area contributed by atoms with E-state index in [4.69, 9.17) is 0 Å². The molecule has 10 nitrogen and oxygen atoms in total. The number of aryl methyl sites for hydroxylation is 1. The molecular formula is C28H29FN8O2S. The van der Waals surface area contributed by atoms with Gasteiger partial charge in [0.05, 0.1) is 6.20 Å². The Kier molecular flexibility index (Phi) is 8.27. The molecule has 0 saturated carbocycles. The third-order valence-electron chi connectivity index (χ3n) is 6.53. The average Bonchev–Trinajstić information content (AvgIpc) is 3.44. The van der Waals surface area contributed by atoms with Gasteiger partial charge in [0.2, 0.25) is 0 Å². The van der Waals surface area contributed by atoms with Crippen LogP contribution in [0.3, 0.4) is 0 Å². The van der Waals surface area contributed by atoms with Gasteiger partial charge in [0, 0.05) is 49.2 Å². The average molecular weight is 561 g/mol. The van der Waals surface area contributed by atoms with Crippen LogP contribution < -0.4 is 20.9 Å². The summed E-state index contributed by atoms with van der Waals surface area (Å²) in [6.07, 6.45) is 3.02. The summed E-state index contributed by atoms with van der Waals surface area (Å²) in [4.78, 5) is 43.6. The molecule has 4 aromatic rings. The number of thiazole rings is 1. The molecule has 2 amide bonds. The molecule has 3 N–H and O–H groups in total. The summed E-state index contributed by atoms with van der Waals surface area (Å²) in [6.45, 7) is 4.95. The number of alkyl halides is 1. The number of nitrogens with one attached hydrogen (secondary N) is 3. The van der Waals surface area contributed by atoms with Crippen molar-refractivity contribution >= 4 is 51.3 Å². The number of likely N-dealkylation sites (N-methyl/N-ethyl adjacent to an activating group) is 1. The van der Waals surface area contributed by atoms with E-state index in [9.17, 15) is 14.0 Å². The predicted octanol–water partition coefficient (Wildman–Crippen LogP) is 4.71. The molecule has 1 saturated heterocycles. The molecule has 12 heteroatoms. The molecule has 0 atom stereocenters. The van der Waals surface area contributed by atoms with Gasteiger partial charge in [-0.05, 0) is 49.4 Å². The first-order valence-electron chi connectivity index (χ1n) is 12.7. The van der Waals surface area contributed by atoms with Crippen molar-refractivity contribution in [2.45, 2.75) is 13.6 Å². The number of aromatic nitrogens is 3. The van der Waals surface area contributed by atoms with Crippen molar-refractivity contribution in [1.29, 1.82) is 0 Å². The zero-order chi connectivity index (χ0) is 28.1. The molecule has 2 aromatic heterocycles. The molecule has 1 aliphatic heterocycles. The third kappa shape index (κ3) is 6.58. The van der Waals surface area contributed by atoms with Gasteiger partial charge in [-0.25, -0.2) is 19.3 Å². The van der Waals surface area contributed by atoms with Gasteiger partial charge in [-0.3, -0.25) is 9.59 Å². The van der Waals surface area contributed by atoms with Crippen LogP contribution in [0.2, 0.25) is 0 Å². The van der Waals surface area contributed by atoms with Gasteiger partial charge >= 0.3 is 0 Å². The topological polar surface area (TPSA) is 115 Å². The van der Waals surface area contributed by atoms with Gasteiger partial charge < -0.3 is 25.8 Å². The highest BCUT2D eigenvalue weighted by Crippen LogP contribution is 2.26. The van der Waals surface area contributed by atoms with Crippen LogP contribution in [0.1, 0.15) is 31.2 Å². The number of carbonyl (C=O) groups is 2. The van der Waals surface area contributed by atoms with Crippen molar-refractivity contribution in [3.63, 3.8) is 0 Å². The van der Waals surface area contributed by atoms with Crippen LogP contribution in [0.15, 0.2) is 61.1 Å². The first-order valence-corrected chi connectivity index (χ1v) is 13.6. The summed E-state index contributed by atoms with van der Waals surface area (Å²) in [7, 11) is 2.10. The Morgan fingerprint density at radius 2 is 1.80 bits per heavy atom. The summed E-state index contributed by atoms with van der Waals surface area (Å²) >= 11 is 1.20. The van der Waals surface area contributed by atoms with Crippen LogP contribution in [-0.4, -0.2) is 64.9 Å². The Bertz CT molecular complexity index is 1520. The Hall–Kier alpha value is -4.42. The minimum atomic E-state index is -0.645. The second-order valence-corrected chi connectivity index (χ2v) is 10.5. The molecule has 1 fully saturated rings. The fraction of sp³-hybridized carbons (Fsp3) is 0.250. The number of amides is 2. The van der Waals surface area contributed by atoms with Crippen LogP contribution in [0.25, 0.3) is 0 Å². The van der Waals surface area contributed by atoms with Gasteiger partial charge in [0.15, 0.2) is 5.13 Å². The van der Waals surface area contributed by atoms with E-state index < -0.39 is 6.67 Å². The van der Waals surface area contributed by atoms with E-state index >= 15 is 0 Å². The van der Waals surface area contributed by atoms with E-state index in [1.165, 1.54) is 29.9 Å². The maximum atomic E-state index is 13.0. The zero-order valence-electron chi connectivity index (χ0n) is 22.1. The maximum Gasteiger partial charge on any atom is 0.267 e. The quantitative estimate of drug-likeness (QED) is 0.284. The molecule has 0 unspecified atom stereocenters. The molecule has 0 aliphatic carbocycles. The molecule has 0 bridgehead atoms. The molecule has 0 radical (unpaired) electrons. The second-order valence-electron chi connectivity index (χ2n) is 9.48. The van der Waals surface area contributed by atoms with E-state index in [1.54, 1.807) is 36.4 Å². The molecular weight excluding hydrogens is 531 g/mol. The minimum absolute atomic E-state index is 0.325. The Balaban J connectivity index is 1.23. The number of hydrogen-bond acceptors (Lipinski definition) is 9. The zero-order valence-corrected chi connectivity index (χ0v) is 23.0. The minimum Gasteiger partial charge on any atom is -0.354 e. The van der Waals surface area contributed by atoms with Crippen molar-refractivity contribution in [2.24, 2.45) is 0 Å². The van der Waals surface area contributed by atoms with E-state index in [0.29, 0.717) is 38.3 Å². The normalized spacial score (nSPS) is 13.6. The SMILES string of the molecule is Cc1ccc(NC(=O)c2cccc(CF)c2)cc1NC(=O)c1cnc(Nc2cc(N3CCN(C)CC3)ncn2)s1. The van der Waals surface area contributed by atoms with Crippen molar-refractivity contribution in [1.82, 2.24) is 19.9 Å². The van der Waals surface area contributed by atoms with E-state index in [2.05, 4.69) is 47.7 Å². The Labute approximate surface area is 235 Å². The molecule has 206 valence electrons. The largest absolute Gasteiger partial charge is 0.354 e. The molecule has 0 spiro atoms. The van der Waals surface area contributed by atoms with Crippen LogP contribution in [0.4, 0.5) is 32.5 Å². The van der Waals surface area contributed by atoms with Gasteiger partial charge in [-0.15, -0.1) is 0 Å². The van der Waals surface area contributed by atoms with E-state index in [1.807, 2.05) is 13.0 Å². The lowest BCUT2D eigenvalue weighted by Crippen LogP contribution is -2.44. The first kappa shape index (κ1) is 27.2. The fourth-order valence-electron chi connectivity index (χ4n) is 4.19. The maximum absolute atomic E-state index is 13.0. The highest BCUT2D eigenvalue weighted by molar-refractivity contribution is 7.17. The summed E-state index contributed by atoms with van der Waals surface area (Å²) in [5, 5.41) is 9.39. The second kappa shape index (κ2) is 12.2. The van der Waals surface area contributed by atoms with Gasteiger partial charge in [-0.2, -0.15) is 0 Å².